The van der Waals surface area contributed by atoms with Gasteiger partial charge >= 0.3 is 0 Å². The average Bonchev–Trinajstić information content (AvgIpc) is 3.26. The Bertz CT molecular complexity index is 1350. The van der Waals surface area contributed by atoms with E-state index in [1.54, 1.807) is 48.5 Å². The summed E-state index contributed by atoms with van der Waals surface area (Å²) < 4.78 is 25.9. The van der Waals surface area contributed by atoms with Crippen LogP contribution in [0.3, 0.4) is 0 Å². The first kappa shape index (κ1) is 22.6. The lowest BCUT2D eigenvalue weighted by molar-refractivity contribution is 0.102. The van der Waals surface area contributed by atoms with Crippen LogP contribution in [0.15, 0.2) is 78.9 Å². The molecule has 0 bridgehead atoms. The standard InChI is InChI=1S/C24H22N4O3S2/c1-17-8-12-20(13-9-17)23-26-27-24(32-23)25-22(29)19-14-10-18(11-15-19)16-28(33(2,30)31)21-6-4-3-5-7-21/h3-15H,16H2,1-2H3,(H,25,27,29). The van der Waals surface area contributed by atoms with Crippen molar-refractivity contribution in [2.75, 3.05) is 15.9 Å². The van der Waals surface area contributed by atoms with Crippen LogP contribution in [-0.4, -0.2) is 30.8 Å². The number of para-hydroxylation sites is 1. The smallest absolute Gasteiger partial charge is 0.257 e. The van der Waals surface area contributed by atoms with Gasteiger partial charge in [0.2, 0.25) is 15.2 Å². The number of anilines is 2. The molecule has 0 atom stereocenters. The molecule has 168 valence electrons. The molecule has 0 aliphatic carbocycles. The Balaban J connectivity index is 1.45. The molecule has 0 unspecified atom stereocenters. The molecule has 33 heavy (non-hydrogen) atoms. The molecule has 7 nitrogen and oxygen atoms in total. The molecule has 0 spiro atoms. The molecule has 4 rings (SSSR count). The highest BCUT2D eigenvalue weighted by molar-refractivity contribution is 7.92. The van der Waals surface area contributed by atoms with E-state index in [1.807, 2.05) is 37.3 Å². The number of hydrogen-bond acceptors (Lipinski definition) is 6. The van der Waals surface area contributed by atoms with E-state index in [0.717, 1.165) is 21.7 Å². The number of nitrogens with one attached hydrogen (secondary N) is 1. The number of carbonyl (C=O) groups is 1. The van der Waals surface area contributed by atoms with E-state index in [1.165, 1.54) is 21.9 Å². The first-order valence-corrected chi connectivity index (χ1v) is 12.8. The van der Waals surface area contributed by atoms with Crippen LogP contribution in [-0.2, 0) is 16.6 Å². The lowest BCUT2D eigenvalue weighted by Gasteiger charge is -2.22. The number of amides is 1. The van der Waals surface area contributed by atoms with Crippen molar-refractivity contribution >= 4 is 38.1 Å². The molecular weight excluding hydrogens is 456 g/mol. The Labute approximate surface area is 196 Å². The SMILES string of the molecule is Cc1ccc(-c2nnc(NC(=O)c3ccc(CN(c4ccccc4)S(C)(=O)=O)cc3)s2)cc1. The topological polar surface area (TPSA) is 92.3 Å². The quantitative estimate of drug-likeness (QED) is 0.414. The summed E-state index contributed by atoms with van der Waals surface area (Å²) in [6.45, 7) is 2.18. The molecule has 0 fully saturated rings. The van der Waals surface area contributed by atoms with Crippen LogP contribution >= 0.6 is 11.3 Å². The largest absolute Gasteiger partial charge is 0.296 e. The summed E-state index contributed by atoms with van der Waals surface area (Å²) in [6, 6.07) is 23.7. The summed E-state index contributed by atoms with van der Waals surface area (Å²) in [5.41, 5.74) is 3.89. The van der Waals surface area contributed by atoms with Gasteiger partial charge in [0.1, 0.15) is 5.01 Å². The molecule has 0 radical (unpaired) electrons. The lowest BCUT2D eigenvalue weighted by Crippen LogP contribution is -2.29. The zero-order valence-corrected chi connectivity index (χ0v) is 19.7. The number of hydrogen-bond donors (Lipinski definition) is 1. The molecule has 0 saturated carbocycles. The van der Waals surface area contributed by atoms with Crippen LogP contribution in [0.1, 0.15) is 21.5 Å². The van der Waals surface area contributed by atoms with E-state index in [9.17, 15) is 13.2 Å². The van der Waals surface area contributed by atoms with Crippen LogP contribution in [0.5, 0.6) is 0 Å². The highest BCUT2D eigenvalue weighted by atomic mass is 32.2. The van der Waals surface area contributed by atoms with E-state index in [0.29, 0.717) is 16.4 Å². The number of rotatable bonds is 7. The number of carbonyl (C=O) groups excluding carboxylic acids is 1. The first-order chi connectivity index (χ1) is 15.8. The highest BCUT2D eigenvalue weighted by Crippen LogP contribution is 2.27. The van der Waals surface area contributed by atoms with Crippen molar-refractivity contribution in [3.63, 3.8) is 0 Å². The third kappa shape index (κ3) is 5.63. The van der Waals surface area contributed by atoms with Crippen LogP contribution in [0, 0.1) is 6.92 Å². The minimum absolute atomic E-state index is 0.168. The fraction of sp³-hybridized carbons (Fsp3) is 0.125. The monoisotopic (exact) mass is 478 g/mol. The third-order valence-electron chi connectivity index (χ3n) is 4.93. The van der Waals surface area contributed by atoms with E-state index >= 15 is 0 Å². The maximum atomic E-state index is 12.6. The van der Waals surface area contributed by atoms with E-state index in [4.69, 9.17) is 0 Å². The van der Waals surface area contributed by atoms with E-state index in [-0.39, 0.29) is 12.5 Å². The molecule has 1 amide bonds. The van der Waals surface area contributed by atoms with Gasteiger partial charge in [-0.25, -0.2) is 8.42 Å². The van der Waals surface area contributed by atoms with Gasteiger partial charge < -0.3 is 0 Å². The third-order valence-corrected chi connectivity index (χ3v) is 6.96. The summed E-state index contributed by atoms with van der Waals surface area (Å²) >= 11 is 1.30. The number of aryl methyl sites for hydroxylation is 1. The van der Waals surface area contributed by atoms with Gasteiger partial charge in [-0.3, -0.25) is 14.4 Å². The number of nitrogens with zero attached hydrogens (tertiary/aromatic N) is 3. The predicted octanol–water partition coefficient (Wildman–Crippen LogP) is 4.73. The molecule has 1 N–H and O–H groups in total. The summed E-state index contributed by atoms with van der Waals surface area (Å²) in [5, 5.41) is 12.1. The van der Waals surface area contributed by atoms with Crippen molar-refractivity contribution in [1.82, 2.24) is 10.2 Å². The van der Waals surface area contributed by atoms with Gasteiger partial charge in [-0.05, 0) is 36.8 Å². The first-order valence-electron chi connectivity index (χ1n) is 10.1. The van der Waals surface area contributed by atoms with E-state index in [2.05, 4.69) is 15.5 Å². The van der Waals surface area contributed by atoms with Crippen molar-refractivity contribution < 1.29 is 13.2 Å². The van der Waals surface area contributed by atoms with Gasteiger partial charge in [-0.15, -0.1) is 10.2 Å². The second-order valence-electron chi connectivity index (χ2n) is 7.53. The zero-order valence-electron chi connectivity index (χ0n) is 18.1. The fourth-order valence-corrected chi connectivity index (χ4v) is 4.81. The van der Waals surface area contributed by atoms with Crippen LogP contribution in [0.4, 0.5) is 10.8 Å². The lowest BCUT2D eigenvalue weighted by atomic mass is 10.1. The summed E-state index contributed by atoms with van der Waals surface area (Å²) in [7, 11) is -3.47. The molecule has 1 heterocycles. The Morgan fingerprint density at radius 1 is 0.939 bits per heavy atom. The maximum Gasteiger partial charge on any atom is 0.257 e. The molecule has 3 aromatic carbocycles. The van der Waals surface area contributed by atoms with Crippen LogP contribution in [0.25, 0.3) is 10.6 Å². The second kappa shape index (κ2) is 9.51. The van der Waals surface area contributed by atoms with Gasteiger partial charge in [0.15, 0.2) is 0 Å². The molecular formula is C24H22N4O3S2. The van der Waals surface area contributed by atoms with Crippen molar-refractivity contribution in [2.45, 2.75) is 13.5 Å². The zero-order chi connectivity index (χ0) is 23.4. The number of aromatic nitrogens is 2. The summed E-state index contributed by atoms with van der Waals surface area (Å²) in [6.07, 6.45) is 1.18. The molecule has 1 aromatic heterocycles. The van der Waals surface area contributed by atoms with Gasteiger partial charge in [0.05, 0.1) is 18.5 Å². The van der Waals surface area contributed by atoms with E-state index < -0.39 is 10.0 Å². The van der Waals surface area contributed by atoms with Gasteiger partial charge in [0, 0.05) is 11.1 Å². The fourth-order valence-electron chi connectivity index (χ4n) is 3.18. The Morgan fingerprint density at radius 3 is 2.24 bits per heavy atom. The molecule has 9 heteroatoms. The second-order valence-corrected chi connectivity index (χ2v) is 10.4. The molecule has 0 saturated heterocycles. The van der Waals surface area contributed by atoms with Gasteiger partial charge in [-0.2, -0.15) is 0 Å². The van der Waals surface area contributed by atoms with Crippen molar-refractivity contribution in [1.29, 1.82) is 0 Å². The Kier molecular flexibility index (Phi) is 6.52. The average molecular weight is 479 g/mol. The van der Waals surface area contributed by atoms with Crippen molar-refractivity contribution in [3.05, 3.63) is 95.6 Å². The van der Waals surface area contributed by atoms with Gasteiger partial charge in [0.25, 0.3) is 5.91 Å². The number of benzene rings is 3. The normalized spacial score (nSPS) is 11.2. The van der Waals surface area contributed by atoms with Crippen molar-refractivity contribution in [2.24, 2.45) is 0 Å². The Hall–Kier alpha value is -3.56. The predicted molar refractivity (Wildman–Crippen MR) is 132 cm³/mol. The molecule has 4 aromatic rings. The highest BCUT2D eigenvalue weighted by Gasteiger charge is 2.18. The van der Waals surface area contributed by atoms with Gasteiger partial charge in [-0.1, -0.05) is 71.5 Å². The molecule has 0 aliphatic heterocycles. The Morgan fingerprint density at radius 2 is 1.61 bits per heavy atom. The summed E-state index contributed by atoms with van der Waals surface area (Å²) in [4.78, 5) is 12.6. The van der Waals surface area contributed by atoms with Crippen molar-refractivity contribution in [3.8, 4) is 10.6 Å². The van der Waals surface area contributed by atoms with Crippen LogP contribution < -0.4 is 9.62 Å². The minimum atomic E-state index is -3.47. The number of sulfonamides is 1. The molecule has 0 aliphatic rings. The van der Waals surface area contributed by atoms with Crippen LogP contribution in [0.2, 0.25) is 0 Å². The minimum Gasteiger partial charge on any atom is -0.296 e. The summed E-state index contributed by atoms with van der Waals surface area (Å²) in [5.74, 6) is -0.309. The maximum absolute atomic E-state index is 12.6.